The first-order chi connectivity index (χ1) is 10.4. The quantitative estimate of drug-likeness (QED) is 0.613. The SMILES string of the molecule is Cc1cc(C)c(C(=O)COC(=O)c2cncc(Br)c2)cc1C. The summed E-state index contributed by atoms with van der Waals surface area (Å²) in [4.78, 5) is 28.0. The molecule has 0 saturated carbocycles. The molecule has 0 aliphatic heterocycles. The summed E-state index contributed by atoms with van der Waals surface area (Å²) in [5.74, 6) is -0.777. The molecule has 0 unspecified atom stereocenters. The van der Waals surface area contributed by atoms with Gasteiger partial charge in [-0.2, -0.15) is 0 Å². The summed E-state index contributed by atoms with van der Waals surface area (Å²) in [6.07, 6.45) is 2.97. The van der Waals surface area contributed by atoms with Crippen molar-refractivity contribution in [3.05, 3.63) is 62.9 Å². The number of carbonyl (C=O) groups is 2. The van der Waals surface area contributed by atoms with Crippen LogP contribution in [0.2, 0.25) is 0 Å². The summed E-state index contributed by atoms with van der Waals surface area (Å²) >= 11 is 3.23. The van der Waals surface area contributed by atoms with Crippen LogP contribution in [0.4, 0.5) is 0 Å². The van der Waals surface area contributed by atoms with Gasteiger partial charge >= 0.3 is 5.97 Å². The van der Waals surface area contributed by atoms with Crippen molar-refractivity contribution < 1.29 is 14.3 Å². The van der Waals surface area contributed by atoms with Gasteiger partial charge in [0, 0.05) is 22.4 Å². The molecule has 1 aromatic carbocycles. The van der Waals surface area contributed by atoms with Crippen molar-refractivity contribution in [2.45, 2.75) is 20.8 Å². The molecule has 1 heterocycles. The van der Waals surface area contributed by atoms with E-state index in [4.69, 9.17) is 4.74 Å². The second kappa shape index (κ2) is 6.83. The first-order valence-corrected chi connectivity index (χ1v) is 7.56. The molecule has 0 saturated heterocycles. The largest absolute Gasteiger partial charge is 0.454 e. The van der Waals surface area contributed by atoms with E-state index in [0.29, 0.717) is 15.6 Å². The molecule has 4 nitrogen and oxygen atoms in total. The van der Waals surface area contributed by atoms with Gasteiger partial charge in [-0.3, -0.25) is 9.78 Å². The molecule has 114 valence electrons. The molecule has 2 rings (SSSR count). The number of hydrogen-bond acceptors (Lipinski definition) is 4. The Balaban J connectivity index is 2.07. The Kier molecular flexibility index (Phi) is 5.08. The number of ketones is 1. The Hall–Kier alpha value is -2.01. The topological polar surface area (TPSA) is 56.3 Å². The van der Waals surface area contributed by atoms with Crippen molar-refractivity contribution in [3.8, 4) is 0 Å². The Morgan fingerprint density at radius 2 is 1.73 bits per heavy atom. The zero-order valence-electron chi connectivity index (χ0n) is 12.6. The van der Waals surface area contributed by atoms with E-state index in [2.05, 4.69) is 20.9 Å². The number of carbonyl (C=O) groups excluding carboxylic acids is 2. The van der Waals surface area contributed by atoms with Gasteiger partial charge in [0.15, 0.2) is 6.61 Å². The highest BCUT2D eigenvalue weighted by atomic mass is 79.9. The Morgan fingerprint density at radius 1 is 1.05 bits per heavy atom. The van der Waals surface area contributed by atoms with Gasteiger partial charge < -0.3 is 4.74 Å². The standard InChI is InChI=1S/C17H16BrNO3/c1-10-4-12(3)15(5-11(10)2)16(20)9-22-17(21)13-6-14(18)8-19-7-13/h4-8H,9H2,1-3H3. The maximum absolute atomic E-state index is 12.2. The third-order valence-corrected chi connectivity index (χ3v) is 3.85. The maximum atomic E-state index is 12.2. The molecule has 0 atom stereocenters. The monoisotopic (exact) mass is 361 g/mol. The first-order valence-electron chi connectivity index (χ1n) is 6.77. The van der Waals surface area contributed by atoms with Gasteiger partial charge in [-0.1, -0.05) is 6.07 Å². The van der Waals surface area contributed by atoms with Crippen LogP contribution in [0.5, 0.6) is 0 Å². The Labute approximate surface area is 137 Å². The van der Waals surface area contributed by atoms with Crippen LogP contribution in [0, 0.1) is 20.8 Å². The number of hydrogen-bond donors (Lipinski definition) is 0. The molecule has 0 fully saturated rings. The number of aromatic nitrogens is 1. The third kappa shape index (κ3) is 3.80. The summed E-state index contributed by atoms with van der Waals surface area (Å²) in [6, 6.07) is 5.39. The van der Waals surface area contributed by atoms with E-state index >= 15 is 0 Å². The van der Waals surface area contributed by atoms with Crippen LogP contribution in [0.15, 0.2) is 35.1 Å². The van der Waals surface area contributed by atoms with E-state index in [1.54, 1.807) is 12.3 Å². The number of Topliss-reactive ketones (excluding diaryl/α,β-unsaturated/α-hetero) is 1. The van der Waals surface area contributed by atoms with Crippen LogP contribution in [-0.2, 0) is 4.74 Å². The number of esters is 1. The minimum atomic E-state index is -0.566. The summed E-state index contributed by atoms with van der Waals surface area (Å²) in [5, 5.41) is 0. The Bertz CT molecular complexity index is 741. The first kappa shape index (κ1) is 16.4. The minimum absolute atomic E-state index is 0.211. The predicted molar refractivity (Wildman–Crippen MR) is 87.2 cm³/mol. The predicted octanol–water partition coefficient (Wildman–Crippen LogP) is 3.81. The molecule has 0 amide bonds. The zero-order chi connectivity index (χ0) is 16.3. The third-order valence-electron chi connectivity index (χ3n) is 3.42. The zero-order valence-corrected chi connectivity index (χ0v) is 14.2. The van der Waals surface area contributed by atoms with Crippen LogP contribution < -0.4 is 0 Å². The lowest BCUT2D eigenvalue weighted by Crippen LogP contribution is -2.15. The van der Waals surface area contributed by atoms with E-state index in [-0.39, 0.29) is 12.4 Å². The van der Waals surface area contributed by atoms with E-state index in [1.165, 1.54) is 6.20 Å². The lowest BCUT2D eigenvalue weighted by Gasteiger charge is -2.09. The fourth-order valence-corrected chi connectivity index (χ4v) is 2.44. The van der Waals surface area contributed by atoms with Gasteiger partial charge in [0.1, 0.15) is 0 Å². The molecule has 5 heteroatoms. The van der Waals surface area contributed by atoms with E-state index in [0.717, 1.165) is 16.7 Å². The van der Waals surface area contributed by atoms with Crippen molar-refractivity contribution in [2.24, 2.45) is 0 Å². The summed E-state index contributed by atoms with van der Waals surface area (Å²) < 4.78 is 5.75. The smallest absolute Gasteiger partial charge is 0.340 e. The maximum Gasteiger partial charge on any atom is 0.340 e. The number of nitrogens with zero attached hydrogens (tertiary/aromatic N) is 1. The molecule has 0 spiro atoms. The Morgan fingerprint density at radius 3 is 2.41 bits per heavy atom. The van der Waals surface area contributed by atoms with Crippen LogP contribution in [0.3, 0.4) is 0 Å². The van der Waals surface area contributed by atoms with Crippen molar-refractivity contribution in [3.63, 3.8) is 0 Å². The number of ether oxygens (including phenoxy) is 1. The molecule has 0 aliphatic rings. The minimum Gasteiger partial charge on any atom is -0.454 e. The van der Waals surface area contributed by atoms with Crippen molar-refractivity contribution in [1.29, 1.82) is 0 Å². The lowest BCUT2D eigenvalue weighted by atomic mass is 9.98. The fraction of sp³-hybridized carbons (Fsp3) is 0.235. The number of rotatable bonds is 4. The summed E-state index contributed by atoms with van der Waals surface area (Å²) in [5.41, 5.74) is 3.94. The van der Waals surface area contributed by atoms with Gasteiger partial charge in [0.05, 0.1) is 5.56 Å². The molecule has 0 N–H and O–H groups in total. The van der Waals surface area contributed by atoms with Crippen LogP contribution in [-0.4, -0.2) is 23.3 Å². The van der Waals surface area contributed by atoms with Gasteiger partial charge in [0.25, 0.3) is 0 Å². The summed E-state index contributed by atoms with van der Waals surface area (Å²) in [6.45, 7) is 5.54. The molecule has 0 aliphatic carbocycles. The van der Waals surface area contributed by atoms with Gasteiger partial charge in [-0.15, -0.1) is 0 Å². The van der Waals surface area contributed by atoms with Crippen molar-refractivity contribution >= 4 is 27.7 Å². The van der Waals surface area contributed by atoms with Crippen molar-refractivity contribution in [1.82, 2.24) is 4.98 Å². The molecule has 2 aromatic rings. The lowest BCUT2D eigenvalue weighted by molar-refractivity contribution is 0.0474. The van der Waals surface area contributed by atoms with E-state index in [9.17, 15) is 9.59 Å². The average Bonchev–Trinajstić information content (AvgIpc) is 2.48. The van der Waals surface area contributed by atoms with Gasteiger partial charge in [0.2, 0.25) is 5.78 Å². The summed E-state index contributed by atoms with van der Waals surface area (Å²) in [7, 11) is 0. The average molecular weight is 362 g/mol. The fourth-order valence-electron chi connectivity index (χ4n) is 2.08. The molecule has 22 heavy (non-hydrogen) atoms. The highest BCUT2D eigenvalue weighted by molar-refractivity contribution is 9.10. The molecular weight excluding hydrogens is 346 g/mol. The van der Waals surface area contributed by atoms with Gasteiger partial charge in [-0.25, -0.2) is 4.79 Å². The van der Waals surface area contributed by atoms with Crippen molar-refractivity contribution in [2.75, 3.05) is 6.61 Å². The van der Waals surface area contributed by atoms with Crippen LogP contribution >= 0.6 is 15.9 Å². The highest BCUT2D eigenvalue weighted by Crippen LogP contribution is 2.16. The second-order valence-electron chi connectivity index (χ2n) is 5.14. The molecular formula is C17H16BrNO3. The normalized spacial score (nSPS) is 10.4. The number of benzene rings is 1. The van der Waals surface area contributed by atoms with Crippen LogP contribution in [0.1, 0.15) is 37.4 Å². The number of halogens is 1. The highest BCUT2D eigenvalue weighted by Gasteiger charge is 2.15. The molecule has 1 aromatic heterocycles. The van der Waals surface area contributed by atoms with E-state index < -0.39 is 5.97 Å². The van der Waals surface area contributed by atoms with E-state index in [1.807, 2.05) is 32.9 Å². The van der Waals surface area contributed by atoms with Crippen LogP contribution in [0.25, 0.3) is 0 Å². The second-order valence-corrected chi connectivity index (χ2v) is 6.06. The molecule has 0 bridgehead atoms. The van der Waals surface area contributed by atoms with Gasteiger partial charge in [-0.05, 0) is 65.5 Å². The molecule has 0 radical (unpaired) electrons. The number of aryl methyl sites for hydroxylation is 3. The number of pyridine rings is 1.